The van der Waals surface area contributed by atoms with Crippen LogP contribution >= 0.6 is 0 Å². The molecule has 0 spiro atoms. The normalized spacial score (nSPS) is 20.9. The Morgan fingerprint density at radius 3 is 2.52 bits per heavy atom. The van der Waals surface area contributed by atoms with Crippen molar-refractivity contribution in [2.75, 3.05) is 26.7 Å². The van der Waals surface area contributed by atoms with Crippen LogP contribution in [-0.2, 0) is 4.79 Å². The summed E-state index contributed by atoms with van der Waals surface area (Å²) in [7, 11) is 2.02. The van der Waals surface area contributed by atoms with Crippen molar-refractivity contribution in [3.8, 4) is 0 Å². The Balaban J connectivity index is 2.04. The molecular weight excluding hydrogens is 270 g/mol. The molecule has 2 N–H and O–H groups in total. The molecule has 2 amide bonds. The third-order valence-electron chi connectivity index (χ3n) is 3.89. The Morgan fingerprint density at radius 1 is 1.29 bits per heavy atom. The zero-order valence-electron chi connectivity index (χ0n) is 12.3. The van der Waals surface area contributed by atoms with Crippen LogP contribution in [0.2, 0.25) is 0 Å². The Bertz CT molecular complexity index is 506. The van der Waals surface area contributed by atoms with Gasteiger partial charge in [-0.25, -0.2) is 9.59 Å². The number of hydrogen-bond acceptors (Lipinski definition) is 3. The first-order valence-electron chi connectivity index (χ1n) is 7.02. The highest BCUT2D eigenvalue weighted by molar-refractivity contribution is 5.83. The lowest BCUT2D eigenvalue weighted by atomic mass is 10.1. The highest BCUT2D eigenvalue weighted by Gasteiger charge is 2.28. The number of aliphatic carboxylic acids is 1. The summed E-state index contributed by atoms with van der Waals surface area (Å²) >= 11 is 0. The Labute approximate surface area is 124 Å². The van der Waals surface area contributed by atoms with E-state index in [0.717, 1.165) is 6.54 Å². The largest absolute Gasteiger partial charge is 0.479 e. The lowest BCUT2D eigenvalue weighted by molar-refractivity contribution is -0.139. The van der Waals surface area contributed by atoms with Gasteiger partial charge in [-0.2, -0.15) is 0 Å². The van der Waals surface area contributed by atoms with E-state index in [1.54, 1.807) is 29.2 Å². The maximum absolute atomic E-state index is 12.3. The van der Waals surface area contributed by atoms with Gasteiger partial charge in [-0.1, -0.05) is 30.3 Å². The zero-order chi connectivity index (χ0) is 15.4. The van der Waals surface area contributed by atoms with Crippen molar-refractivity contribution in [1.29, 1.82) is 0 Å². The lowest BCUT2D eigenvalue weighted by Crippen LogP contribution is -2.55. The summed E-state index contributed by atoms with van der Waals surface area (Å²) in [6, 6.07) is 7.65. The fourth-order valence-corrected chi connectivity index (χ4v) is 2.38. The molecule has 114 valence electrons. The average molecular weight is 291 g/mol. The van der Waals surface area contributed by atoms with Crippen LogP contribution in [0.4, 0.5) is 4.79 Å². The van der Waals surface area contributed by atoms with E-state index in [4.69, 9.17) is 0 Å². The van der Waals surface area contributed by atoms with E-state index < -0.39 is 12.0 Å². The molecule has 6 nitrogen and oxygen atoms in total. The van der Waals surface area contributed by atoms with Crippen LogP contribution in [0.1, 0.15) is 18.5 Å². The minimum absolute atomic E-state index is 0.268. The predicted molar refractivity (Wildman–Crippen MR) is 79.0 cm³/mol. The molecule has 1 fully saturated rings. The molecule has 6 heteroatoms. The Hall–Kier alpha value is -2.08. The minimum atomic E-state index is -1.06. The van der Waals surface area contributed by atoms with Gasteiger partial charge in [0.2, 0.25) is 0 Å². The summed E-state index contributed by atoms with van der Waals surface area (Å²) in [5.41, 5.74) is 0.570. The SMILES string of the molecule is CC1CN(C(=O)N[C@@H](C(=O)O)c2ccccc2)CCN1C. The molecule has 1 saturated heterocycles. The number of benzene rings is 1. The first-order valence-corrected chi connectivity index (χ1v) is 7.02. The third-order valence-corrected chi connectivity index (χ3v) is 3.89. The summed E-state index contributed by atoms with van der Waals surface area (Å²) in [5, 5.41) is 11.9. The lowest BCUT2D eigenvalue weighted by Gasteiger charge is -2.38. The fraction of sp³-hybridized carbons (Fsp3) is 0.467. The van der Waals surface area contributed by atoms with Crippen LogP contribution in [0.3, 0.4) is 0 Å². The van der Waals surface area contributed by atoms with Crippen molar-refractivity contribution in [3.63, 3.8) is 0 Å². The molecule has 1 unspecified atom stereocenters. The number of nitrogens with one attached hydrogen (secondary N) is 1. The van der Waals surface area contributed by atoms with E-state index in [1.807, 2.05) is 20.0 Å². The molecule has 1 heterocycles. The molecule has 0 radical (unpaired) electrons. The smallest absolute Gasteiger partial charge is 0.330 e. The molecule has 1 aliphatic rings. The summed E-state index contributed by atoms with van der Waals surface area (Å²) in [6.45, 7) is 4.04. The molecule has 2 rings (SSSR count). The molecule has 1 aliphatic heterocycles. The first-order chi connectivity index (χ1) is 9.99. The van der Waals surface area contributed by atoms with Crippen molar-refractivity contribution < 1.29 is 14.7 Å². The number of rotatable bonds is 3. The highest BCUT2D eigenvalue weighted by atomic mass is 16.4. The van der Waals surface area contributed by atoms with Crippen molar-refractivity contribution in [3.05, 3.63) is 35.9 Å². The topological polar surface area (TPSA) is 72.9 Å². The van der Waals surface area contributed by atoms with Crippen LogP contribution < -0.4 is 5.32 Å². The monoisotopic (exact) mass is 291 g/mol. The van der Waals surface area contributed by atoms with Gasteiger partial charge in [-0.05, 0) is 19.5 Å². The van der Waals surface area contributed by atoms with Gasteiger partial charge >= 0.3 is 12.0 Å². The van der Waals surface area contributed by atoms with Gasteiger partial charge in [0.15, 0.2) is 6.04 Å². The summed E-state index contributed by atoms with van der Waals surface area (Å²) in [6.07, 6.45) is 0. The average Bonchev–Trinajstić information content (AvgIpc) is 2.48. The Morgan fingerprint density at radius 2 is 1.95 bits per heavy atom. The quantitative estimate of drug-likeness (QED) is 0.876. The molecular formula is C15H21N3O3. The van der Waals surface area contributed by atoms with Gasteiger partial charge in [0.05, 0.1) is 0 Å². The summed E-state index contributed by atoms with van der Waals surface area (Å²) in [5.74, 6) is -1.06. The molecule has 0 saturated carbocycles. The van der Waals surface area contributed by atoms with E-state index in [-0.39, 0.29) is 12.1 Å². The second kappa shape index (κ2) is 6.58. The minimum Gasteiger partial charge on any atom is -0.479 e. The number of piperazine rings is 1. The second-order valence-corrected chi connectivity index (χ2v) is 5.41. The van der Waals surface area contributed by atoms with Crippen LogP contribution in [0.15, 0.2) is 30.3 Å². The number of hydrogen-bond donors (Lipinski definition) is 2. The van der Waals surface area contributed by atoms with Crippen LogP contribution in [0.25, 0.3) is 0 Å². The molecule has 21 heavy (non-hydrogen) atoms. The number of nitrogens with zero attached hydrogens (tertiary/aromatic N) is 2. The van der Waals surface area contributed by atoms with Gasteiger partial charge in [0, 0.05) is 25.7 Å². The third kappa shape index (κ3) is 3.72. The standard InChI is InChI=1S/C15H21N3O3/c1-11-10-18(9-8-17(11)2)15(21)16-13(14(19)20)12-6-4-3-5-7-12/h3-7,11,13H,8-10H2,1-2H3,(H,16,21)(H,19,20)/t11?,13-/m1/s1. The van der Waals surface area contributed by atoms with Crippen molar-refractivity contribution in [2.24, 2.45) is 0 Å². The second-order valence-electron chi connectivity index (χ2n) is 5.41. The van der Waals surface area contributed by atoms with Crippen molar-refractivity contribution >= 4 is 12.0 Å². The number of amides is 2. The fourth-order valence-electron chi connectivity index (χ4n) is 2.38. The Kier molecular flexibility index (Phi) is 4.80. The number of carbonyl (C=O) groups excluding carboxylic acids is 1. The van der Waals surface area contributed by atoms with Crippen molar-refractivity contribution in [1.82, 2.24) is 15.1 Å². The summed E-state index contributed by atoms with van der Waals surface area (Å²) in [4.78, 5) is 27.5. The molecule has 2 atom stereocenters. The first kappa shape index (κ1) is 15.3. The van der Waals surface area contributed by atoms with Gasteiger partial charge in [-0.15, -0.1) is 0 Å². The van der Waals surface area contributed by atoms with E-state index in [0.29, 0.717) is 18.7 Å². The number of carboxylic acids is 1. The molecule has 0 aliphatic carbocycles. The maximum atomic E-state index is 12.3. The number of carbonyl (C=O) groups is 2. The molecule has 1 aromatic carbocycles. The number of urea groups is 1. The van der Waals surface area contributed by atoms with Gasteiger partial charge < -0.3 is 20.2 Å². The van der Waals surface area contributed by atoms with Gasteiger partial charge in [0.25, 0.3) is 0 Å². The maximum Gasteiger partial charge on any atom is 0.330 e. The van der Waals surface area contributed by atoms with Gasteiger partial charge in [-0.3, -0.25) is 0 Å². The zero-order valence-corrected chi connectivity index (χ0v) is 12.3. The van der Waals surface area contributed by atoms with E-state index in [2.05, 4.69) is 10.2 Å². The van der Waals surface area contributed by atoms with Crippen molar-refractivity contribution in [2.45, 2.75) is 19.0 Å². The van der Waals surface area contributed by atoms with E-state index in [9.17, 15) is 14.7 Å². The van der Waals surface area contributed by atoms with Gasteiger partial charge in [0.1, 0.15) is 0 Å². The van der Waals surface area contributed by atoms with Crippen LogP contribution in [0.5, 0.6) is 0 Å². The van der Waals surface area contributed by atoms with Crippen LogP contribution in [-0.4, -0.2) is 59.6 Å². The highest BCUT2D eigenvalue weighted by Crippen LogP contribution is 2.14. The molecule has 0 aromatic heterocycles. The van der Waals surface area contributed by atoms with Crippen LogP contribution in [0, 0.1) is 0 Å². The predicted octanol–water partition coefficient (Wildman–Crippen LogP) is 1.16. The number of likely N-dealkylation sites (N-methyl/N-ethyl adjacent to an activating group) is 1. The van der Waals surface area contributed by atoms with E-state index >= 15 is 0 Å². The molecule has 1 aromatic rings. The molecule has 0 bridgehead atoms. The van der Waals surface area contributed by atoms with E-state index in [1.165, 1.54) is 0 Å². The summed E-state index contributed by atoms with van der Waals surface area (Å²) < 4.78 is 0. The number of carboxylic acid groups (broad SMARTS) is 1.